The third-order valence-corrected chi connectivity index (χ3v) is 7.99. The van der Waals surface area contributed by atoms with Gasteiger partial charge in [-0.15, -0.1) is 0 Å². The summed E-state index contributed by atoms with van der Waals surface area (Å²) in [7, 11) is 0. The van der Waals surface area contributed by atoms with E-state index in [4.69, 9.17) is 0 Å². The van der Waals surface area contributed by atoms with Gasteiger partial charge in [-0.1, -0.05) is 101 Å². The molecule has 0 bridgehead atoms. The third kappa shape index (κ3) is 6.10. The van der Waals surface area contributed by atoms with E-state index in [1.807, 2.05) is 0 Å². The van der Waals surface area contributed by atoms with Crippen LogP contribution in [0.4, 0.5) is 0 Å². The van der Waals surface area contributed by atoms with Crippen LogP contribution in [0.5, 0.6) is 0 Å². The molecule has 0 heteroatoms. The molecule has 2 saturated carbocycles. The first-order valence-electron chi connectivity index (χ1n) is 12.4. The summed E-state index contributed by atoms with van der Waals surface area (Å²) >= 11 is 0. The van der Waals surface area contributed by atoms with E-state index in [-0.39, 0.29) is 0 Å². The Morgan fingerprint density at radius 2 is 1.37 bits per heavy atom. The molecular formula is C27H44. The molecule has 0 atom stereocenters. The lowest BCUT2D eigenvalue weighted by Gasteiger charge is -2.47. The SMILES string of the molecule is CCCCCCCCCC1(C2CCC(c3ccccc3)CC2)CCCCC1. The maximum atomic E-state index is 2.36. The molecule has 1 aromatic carbocycles. The zero-order valence-corrected chi connectivity index (χ0v) is 18.1. The quantitative estimate of drug-likeness (QED) is 0.361. The summed E-state index contributed by atoms with van der Waals surface area (Å²) < 4.78 is 0. The van der Waals surface area contributed by atoms with Gasteiger partial charge in [0.25, 0.3) is 0 Å². The Labute approximate surface area is 169 Å². The third-order valence-electron chi connectivity index (χ3n) is 7.99. The van der Waals surface area contributed by atoms with Gasteiger partial charge in [0.05, 0.1) is 0 Å². The predicted octanol–water partition coefficient (Wildman–Crippen LogP) is 9.05. The van der Waals surface area contributed by atoms with Crippen LogP contribution in [0.25, 0.3) is 0 Å². The minimum absolute atomic E-state index is 0.726. The molecule has 3 rings (SSSR count). The second-order valence-electron chi connectivity index (χ2n) is 9.75. The Hall–Kier alpha value is -0.780. The molecule has 0 aromatic heterocycles. The maximum absolute atomic E-state index is 2.36. The van der Waals surface area contributed by atoms with Gasteiger partial charge < -0.3 is 0 Å². The van der Waals surface area contributed by atoms with Gasteiger partial charge >= 0.3 is 0 Å². The van der Waals surface area contributed by atoms with Crippen LogP contribution in [0.3, 0.4) is 0 Å². The lowest BCUT2D eigenvalue weighted by molar-refractivity contribution is 0.0506. The van der Waals surface area contributed by atoms with Gasteiger partial charge in [0.15, 0.2) is 0 Å². The average Bonchev–Trinajstić information content (AvgIpc) is 2.74. The van der Waals surface area contributed by atoms with Crippen molar-refractivity contribution in [3.05, 3.63) is 35.9 Å². The summed E-state index contributed by atoms with van der Waals surface area (Å²) in [5, 5.41) is 0. The van der Waals surface area contributed by atoms with E-state index in [9.17, 15) is 0 Å². The van der Waals surface area contributed by atoms with Crippen LogP contribution in [0.1, 0.15) is 128 Å². The zero-order chi connectivity index (χ0) is 18.8. The Kier molecular flexibility index (Phi) is 8.75. The fraction of sp³-hybridized carbons (Fsp3) is 0.778. The van der Waals surface area contributed by atoms with Gasteiger partial charge in [0.1, 0.15) is 0 Å². The van der Waals surface area contributed by atoms with E-state index in [1.54, 1.807) is 24.8 Å². The van der Waals surface area contributed by atoms with Crippen molar-refractivity contribution in [1.82, 2.24) is 0 Å². The van der Waals surface area contributed by atoms with E-state index >= 15 is 0 Å². The highest BCUT2D eigenvalue weighted by Gasteiger charge is 2.40. The maximum Gasteiger partial charge on any atom is -0.0162 e. The Balaban J connectivity index is 1.48. The molecule has 1 aromatic rings. The van der Waals surface area contributed by atoms with Crippen LogP contribution in [0.15, 0.2) is 30.3 Å². The van der Waals surface area contributed by atoms with Crippen molar-refractivity contribution >= 4 is 0 Å². The van der Waals surface area contributed by atoms with Crippen LogP contribution in [0, 0.1) is 11.3 Å². The molecule has 27 heavy (non-hydrogen) atoms. The first-order chi connectivity index (χ1) is 13.3. The zero-order valence-electron chi connectivity index (χ0n) is 18.1. The number of benzene rings is 1. The smallest absolute Gasteiger partial charge is 0.0162 e. The fourth-order valence-corrected chi connectivity index (χ4v) is 6.32. The average molecular weight is 369 g/mol. The highest BCUT2D eigenvalue weighted by atomic mass is 14.5. The molecule has 0 saturated heterocycles. The van der Waals surface area contributed by atoms with Crippen molar-refractivity contribution in [2.45, 2.75) is 122 Å². The molecule has 2 aliphatic rings. The molecule has 0 N–H and O–H groups in total. The molecule has 2 aliphatic carbocycles. The van der Waals surface area contributed by atoms with Crippen LogP contribution < -0.4 is 0 Å². The summed E-state index contributed by atoms with van der Waals surface area (Å²) in [6, 6.07) is 11.3. The van der Waals surface area contributed by atoms with Gasteiger partial charge in [-0.25, -0.2) is 0 Å². The van der Waals surface area contributed by atoms with Crippen LogP contribution in [0.2, 0.25) is 0 Å². The van der Waals surface area contributed by atoms with Gasteiger partial charge in [0.2, 0.25) is 0 Å². The molecule has 0 radical (unpaired) electrons. The van der Waals surface area contributed by atoms with Crippen molar-refractivity contribution in [3.63, 3.8) is 0 Å². The highest BCUT2D eigenvalue weighted by Crippen LogP contribution is 2.53. The second-order valence-corrected chi connectivity index (χ2v) is 9.75. The Morgan fingerprint density at radius 3 is 2.04 bits per heavy atom. The van der Waals surface area contributed by atoms with Crippen molar-refractivity contribution < 1.29 is 0 Å². The minimum Gasteiger partial charge on any atom is -0.0654 e. The van der Waals surface area contributed by atoms with Crippen molar-refractivity contribution in [2.75, 3.05) is 0 Å². The second kappa shape index (κ2) is 11.3. The number of unbranched alkanes of at least 4 members (excludes halogenated alkanes) is 6. The van der Waals surface area contributed by atoms with Crippen LogP contribution in [-0.4, -0.2) is 0 Å². The van der Waals surface area contributed by atoms with Gasteiger partial charge in [-0.3, -0.25) is 0 Å². The lowest BCUT2D eigenvalue weighted by Crippen LogP contribution is -2.35. The molecule has 0 heterocycles. The molecule has 0 aliphatic heterocycles. The number of rotatable bonds is 10. The summed E-state index contributed by atoms with van der Waals surface area (Å²) in [4.78, 5) is 0. The molecular weight excluding hydrogens is 324 g/mol. The Bertz CT molecular complexity index is 488. The summed E-state index contributed by atoms with van der Waals surface area (Å²) in [6.07, 6.45) is 25.2. The molecule has 0 spiro atoms. The first-order valence-corrected chi connectivity index (χ1v) is 12.4. The molecule has 0 unspecified atom stereocenters. The molecule has 0 amide bonds. The summed E-state index contributed by atoms with van der Waals surface area (Å²) in [5.74, 6) is 1.86. The normalized spacial score (nSPS) is 25.4. The van der Waals surface area contributed by atoms with E-state index in [0.29, 0.717) is 0 Å². The van der Waals surface area contributed by atoms with E-state index in [2.05, 4.69) is 37.3 Å². The number of hydrogen-bond acceptors (Lipinski definition) is 0. The lowest BCUT2D eigenvalue weighted by atomic mass is 9.58. The fourth-order valence-electron chi connectivity index (χ4n) is 6.32. The molecule has 152 valence electrons. The van der Waals surface area contributed by atoms with Crippen LogP contribution >= 0.6 is 0 Å². The van der Waals surface area contributed by atoms with Crippen LogP contribution in [-0.2, 0) is 0 Å². The van der Waals surface area contributed by atoms with Crippen molar-refractivity contribution in [3.8, 4) is 0 Å². The van der Waals surface area contributed by atoms with Crippen molar-refractivity contribution in [2.24, 2.45) is 11.3 Å². The number of hydrogen-bond donors (Lipinski definition) is 0. The van der Waals surface area contributed by atoms with Gasteiger partial charge in [-0.05, 0) is 67.8 Å². The summed E-state index contributed by atoms with van der Waals surface area (Å²) in [5.41, 5.74) is 2.32. The monoisotopic (exact) mass is 368 g/mol. The van der Waals surface area contributed by atoms with Gasteiger partial charge in [-0.2, -0.15) is 0 Å². The minimum atomic E-state index is 0.726. The first kappa shape index (κ1) is 20.9. The highest BCUT2D eigenvalue weighted by molar-refractivity contribution is 5.20. The molecule has 0 nitrogen and oxygen atoms in total. The topological polar surface area (TPSA) is 0 Å². The van der Waals surface area contributed by atoms with Crippen molar-refractivity contribution in [1.29, 1.82) is 0 Å². The molecule has 2 fully saturated rings. The Morgan fingerprint density at radius 1 is 0.741 bits per heavy atom. The van der Waals surface area contributed by atoms with E-state index in [1.165, 1.54) is 89.9 Å². The standard InChI is InChI=1S/C27H44/c1-2-3-4-5-6-7-12-21-27(22-13-9-14-23-27)26-19-17-25(18-20-26)24-15-10-8-11-16-24/h8,10-11,15-16,25-26H,2-7,9,12-14,17-23H2,1H3. The van der Waals surface area contributed by atoms with Gasteiger partial charge in [0, 0.05) is 0 Å². The largest absolute Gasteiger partial charge is 0.0654 e. The predicted molar refractivity (Wildman–Crippen MR) is 119 cm³/mol. The van der Waals surface area contributed by atoms with E-state index < -0.39 is 0 Å². The van der Waals surface area contributed by atoms with E-state index in [0.717, 1.165) is 17.3 Å². The summed E-state index contributed by atoms with van der Waals surface area (Å²) in [6.45, 7) is 2.32.